The Morgan fingerprint density at radius 1 is 0.962 bits per heavy atom. The van der Waals surface area contributed by atoms with Crippen molar-refractivity contribution < 1.29 is 27.5 Å². The van der Waals surface area contributed by atoms with Gasteiger partial charge in [-0.25, -0.2) is 22.7 Å². The van der Waals surface area contributed by atoms with Gasteiger partial charge in [-0.2, -0.15) is 0 Å². The summed E-state index contributed by atoms with van der Waals surface area (Å²) in [6.07, 6.45) is -1.85. The van der Waals surface area contributed by atoms with Crippen LogP contribution in [0.3, 0.4) is 0 Å². The molecule has 138 valence electrons. The van der Waals surface area contributed by atoms with Gasteiger partial charge in [0.05, 0.1) is 11.4 Å². The summed E-state index contributed by atoms with van der Waals surface area (Å²) in [5.41, 5.74) is 1.03. The third kappa shape index (κ3) is 6.10. The van der Waals surface area contributed by atoms with E-state index in [9.17, 15) is 18.0 Å². The summed E-state index contributed by atoms with van der Waals surface area (Å²) in [5.74, 6) is 0.376. The van der Waals surface area contributed by atoms with E-state index in [-0.39, 0.29) is 18.0 Å². The molecule has 0 unspecified atom stereocenters. The lowest BCUT2D eigenvalue weighted by Crippen LogP contribution is -2.34. The Morgan fingerprint density at radius 2 is 1.62 bits per heavy atom. The van der Waals surface area contributed by atoms with Gasteiger partial charge in [0.2, 0.25) is 0 Å². The number of hydrogen-bond donors (Lipinski definition) is 2. The Balaban J connectivity index is 1.70. The highest BCUT2D eigenvalue weighted by Crippen LogP contribution is 2.11. The van der Waals surface area contributed by atoms with Crippen molar-refractivity contribution in [3.8, 4) is 5.75 Å². The average molecular weight is 378 g/mol. The third-order valence-corrected chi connectivity index (χ3v) is 4.44. The number of aryl methyl sites for hydroxylation is 1. The van der Waals surface area contributed by atoms with Crippen LogP contribution in [0, 0.1) is 6.92 Å². The van der Waals surface area contributed by atoms with E-state index in [0.717, 1.165) is 5.56 Å². The van der Waals surface area contributed by atoms with Gasteiger partial charge >= 0.3 is 12.2 Å². The van der Waals surface area contributed by atoms with Crippen LogP contribution < -0.4 is 14.8 Å². The second-order valence-electron chi connectivity index (χ2n) is 5.18. The van der Waals surface area contributed by atoms with Gasteiger partial charge in [-0.3, -0.25) is 0 Å². The van der Waals surface area contributed by atoms with Gasteiger partial charge in [0, 0.05) is 0 Å². The maximum Gasteiger partial charge on any atom is 0.421 e. The summed E-state index contributed by atoms with van der Waals surface area (Å²) in [7, 11) is -3.99. The highest BCUT2D eigenvalue weighted by molar-refractivity contribution is 7.90. The molecule has 0 aliphatic rings. The largest absolute Gasteiger partial charge is 0.447 e. The molecule has 0 heterocycles. The molecule has 0 saturated heterocycles. The second-order valence-corrected chi connectivity index (χ2v) is 6.87. The number of nitrogens with one attached hydrogen (secondary N) is 2. The Morgan fingerprint density at radius 3 is 2.27 bits per heavy atom. The maximum absolute atomic E-state index is 11.9. The molecule has 2 aromatic rings. The van der Waals surface area contributed by atoms with Crippen LogP contribution in [0.1, 0.15) is 5.56 Å². The zero-order valence-electron chi connectivity index (χ0n) is 14.0. The van der Waals surface area contributed by atoms with Crippen LogP contribution in [0.15, 0.2) is 59.5 Å². The van der Waals surface area contributed by atoms with Crippen LogP contribution in [-0.4, -0.2) is 33.8 Å². The summed E-state index contributed by atoms with van der Waals surface area (Å²) in [4.78, 5) is 23.1. The molecule has 0 aromatic heterocycles. The van der Waals surface area contributed by atoms with Crippen molar-refractivity contribution >= 4 is 22.2 Å². The van der Waals surface area contributed by atoms with E-state index in [1.807, 2.05) is 6.92 Å². The Bertz CT molecular complexity index is 851. The van der Waals surface area contributed by atoms with Crippen LogP contribution in [0.25, 0.3) is 0 Å². The molecular weight excluding hydrogens is 360 g/mol. The molecule has 0 aliphatic carbocycles. The minimum atomic E-state index is -3.99. The molecule has 2 rings (SSSR count). The number of rotatable bonds is 6. The van der Waals surface area contributed by atoms with Crippen LogP contribution in [0.2, 0.25) is 0 Å². The predicted octanol–water partition coefficient (Wildman–Crippen LogP) is 2.20. The SMILES string of the molecule is Cc1ccc(OC(=O)NCCOC(=O)NS(=O)(=O)c2ccccc2)cc1. The van der Waals surface area contributed by atoms with E-state index in [0.29, 0.717) is 5.75 Å². The fourth-order valence-corrected chi connectivity index (χ4v) is 2.76. The number of hydrogen-bond acceptors (Lipinski definition) is 6. The average Bonchev–Trinajstić information content (AvgIpc) is 2.61. The number of benzene rings is 2. The molecule has 0 radical (unpaired) electrons. The van der Waals surface area contributed by atoms with Crippen molar-refractivity contribution in [2.75, 3.05) is 13.2 Å². The van der Waals surface area contributed by atoms with Gasteiger partial charge in [0.15, 0.2) is 0 Å². The Labute approximate surface area is 151 Å². The van der Waals surface area contributed by atoms with E-state index >= 15 is 0 Å². The first-order valence-electron chi connectivity index (χ1n) is 7.64. The standard InChI is InChI=1S/C17H18N2O6S/c1-13-7-9-14(10-8-13)25-16(20)18-11-12-24-17(21)19-26(22,23)15-5-3-2-4-6-15/h2-10H,11-12H2,1H3,(H,18,20)(H,19,21). The van der Waals surface area contributed by atoms with Crippen LogP contribution in [-0.2, 0) is 14.8 Å². The van der Waals surface area contributed by atoms with Crippen molar-refractivity contribution in [1.29, 1.82) is 0 Å². The van der Waals surface area contributed by atoms with E-state index in [4.69, 9.17) is 9.47 Å². The van der Waals surface area contributed by atoms with Gasteiger partial charge in [-0.15, -0.1) is 0 Å². The number of amides is 2. The lowest BCUT2D eigenvalue weighted by Gasteiger charge is -2.09. The molecular formula is C17H18N2O6S. The number of ether oxygens (including phenoxy) is 2. The fourth-order valence-electron chi connectivity index (χ4n) is 1.84. The molecule has 0 spiro atoms. The van der Waals surface area contributed by atoms with Gasteiger partial charge in [-0.05, 0) is 31.2 Å². The molecule has 0 fully saturated rings. The summed E-state index contributed by atoms with van der Waals surface area (Å²) >= 11 is 0. The van der Waals surface area contributed by atoms with Crippen molar-refractivity contribution in [3.05, 3.63) is 60.2 Å². The molecule has 0 aliphatic heterocycles. The van der Waals surface area contributed by atoms with Gasteiger partial charge < -0.3 is 14.8 Å². The first-order valence-corrected chi connectivity index (χ1v) is 9.12. The monoisotopic (exact) mass is 378 g/mol. The van der Waals surface area contributed by atoms with E-state index < -0.39 is 22.2 Å². The lowest BCUT2D eigenvalue weighted by molar-refractivity contribution is 0.150. The number of sulfonamides is 1. The van der Waals surface area contributed by atoms with Crippen molar-refractivity contribution in [2.45, 2.75) is 11.8 Å². The van der Waals surface area contributed by atoms with Crippen LogP contribution >= 0.6 is 0 Å². The minimum absolute atomic E-state index is 0.0382. The van der Waals surface area contributed by atoms with Crippen molar-refractivity contribution in [2.24, 2.45) is 0 Å². The fraction of sp³-hybridized carbons (Fsp3) is 0.176. The zero-order chi connectivity index (χ0) is 19.0. The molecule has 0 bridgehead atoms. The van der Waals surface area contributed by atoms with Gasteiger partial charge in [-0.1, -0.05) is 35.9 Å². The first kappa shape index (κ1) is 19.3. The normalized spacial score (nSPS) is 10.7. The lowest BCUT2D eigenvalue weighted by atomic mass is 10.2. The highest BCUT2D eigenvalue weighted by Gasteiger charge is 2.17. The number of carbonyl (C=O) groups is 2. The van der Waals surface area contributed by atoms with Gasteiger partial charge in [0.25, 0.3) is 10.0 Å². The summed E-state index contributed by atoms with van der Waals surface area (Å²) in [6.45, 7) is 1.65. The molecule has 26 heavy (non-hydrogen) atoms. The summed E-state index contributed by atoms with van der Waals surface area (Å²) in [6, 6.07) is 14.3. The molecule has 8 nitrogen and oxygen atoms in total. The van der Waals surface area contributed by atoms with E-state index in [1.54, 1.807) is 35.1 Å². The van der Waals surface area contributed by atoms with E-state index in [1.165, 1.54) is 24.3 Å². The Hall–Kier alpha value is -3.07. The van der Waals surface area contributed by atoms with Crippen molar-refractivity contribution in [1.82, 2.24) is 10.0 Å². The maximum atomic E-state index is 11.9. The van der Waals surface area contributed by atoms with Crippen LogP contribution in [0.4, 0.5) is 9.59 Å². The summed E-state index contributed by atoms with van der Waals surface area (Å²) in [5, 5.41) is 2.38. The topological polar surface area (TPSA) is 111 Å². The van der Waals surface area contributed by atoms with Crippen LogP contribution in [0.5, 0.6) is 5.75 Å². The predicted molar refractivity (Wildman–Crippen MR) is 93.3 cm³/mol. The molecule has 0 saturated carbocycles. The van der Waals surface area contributed by atoms with Crippen molar-refractivity contribution in [3.63, 3.8) is 0 Å². The minimum Gasteiger partial charge on any atom is -0.447 e. The third-order valence-electron chi connectivity index (χ3n) is 3.11. The first-order chi connectivity index (χ1) is 12.4. The molecule has 0 atom stereocenters. The summed E-state index contributed by atoms with van der Waals surface area (Å²) < 4.78 is 35.3. The smallest absolute Gasteiger partial charge is 0.421 e. The molecule has 2 N–H and O–H groups in total. The van der Waals surface area contributed by atoms with E-state index in [2.05, 4.69) is 5.32 Å². The second kappa shape index (κ2) is 8.86. The quantitative estimate of drug-likeness (QED) is 0.746. The molecule has 2 aromatic carbocycles. The molecule has 9 heteroatoms. The Kier molecular flexibility index (Phi) is 6.56. The highest BCUT2D eigenvalue weighted by atomic mass is 32.2. The number of carbonyl (C=O) groups excluding carboxylic acids is 2. The van der Waals surface area contributed by atoms with Gasteiger partial charge in [0.1, 0.15) is 12.4 Å². The molecule has 2 amide bonds. The zero-order valence-corrected chi connectivity index (χ0v) is 14.8.